The van der Waals surface area contributed by atoms with Crippen LogP contribution in [0.3, 0.4) is 0 Å². The molecule has 0 atom stereocenters. The van der Waals surface area contributed by atoms with E-state index in [1.807, 2.05) is 0 Å². The first kappa shape index (κ1) is 16.4. The maximum absolute atomic E-state index is 2.50. The molecule has 2 saturated carbocycles. The number of hydrogen-bond donors (Lipinski definition) is 0. The van der Waals surface area contributed by atoms with Crippen molar-refractivity contribution in [3.63, 3.8) is 0 Å². The minimum Gasteiger partial charge on any atom is -0.0648 e. The van der Waals surface area contributed by atoms with Crippen LogP contribution in [0.1, 0.15) is 116 Å². The monoisotopic (exact) mass is 278 g/mol. The maximum atomic E-state index is 2.50. The summed E-state index contributed by atoms with van der Waals surface area (Å²) in [6, 6.07) is 0. The van der Waals surface area contributed by atoms with Crippen molar-refractivity contribution in [3.05, 3.63) is 0 Å². The molecule has 0 amide bonds. The van der Waals surface area contributed by atoms with Crippen LogP contribution in [-0.2, 0) is 0 Å². The van der Waals surface area contributed by atoms with Crippen molar-refractivity contribution < 1.29 is 0 Å². The van der Waals surface area contributed by atoms with E-state index in [1.165, 1.54) is 83.5 Å². The van der Waals surface area contributed by atoms with Crippen LogP contribution in [0.4, 0.5) is 0 Å². The average Bonchev–Trinajstić information content (AvgIpc) is 2.69. The Labute approximate surface area is 128 Å². The lowest BCUT2D eigenvalue weighted by Gasteiger charge is -2.41. The van der Waals surface area contributed by atoms with Gasteiger partial charge in [0.15, 0.2) is 0 Å². The lowest BCUT2D eigenvalue weighted by atomic mass is 9.64. The summed E-state index contributed by atoms with van der Waals surface area (Å²) >= 11 is 0. The van der Waals surface area contributed by atoms with Crippen LogP contribution < -0.4 is 0 Å². The number of hydrogen-bond acceptors (Lipinski definition) is 0. The molecule has 2 aliphatic rings. The van der Waals surface area contributed by atoms with Gasteiger partial charge < -0.3 is 0 Å². The quantitative estimate of drug-likeness (QED) is 0.498. The van der Waals surface area contributed by atoms with Crippen molar-refractivity contribution in [3.8, 4) is 0 Å². The summed E-state index contributed by atoms with van der Waals surface area (Å²) in [6.45, 7) is 2.50. The van der Waals surface area contributed by atoms with E-state index in [-0.39, 0.29) is 0 Å². The highest BCUT2D eigenvalue weighted by molar-refractivity contribution is 4.86. The highest BCUT2D eigenvalue weighted by atomic mass is 14.4. The molecule has 0 aromatic rings. The first-order valence-electron chi connectivity index (χ1n) is 9.87. The van der Waals surface area contributed by atoms with Crippen LogP contribution in [0.5, 0.6) is 0 Å². The maximum Gasteiger partial charge on any atom is -0.0272 e. The molecule has 0 saturated heterocycles. The summed E-state index contributed by atoms with van der Waals surface area (Å²) in [6.07, 6.45) is 25.8. The third-order valence-electron chi connectivity index (χ3n) is 6.52. The minimum absolute atomic E-state index is 0.731. The van der Waals surface area contributed by atoms with Crippen molar-refractivity contribution in [1.29, 1.82) is 0 Å². The van der Waals surface area contributed by atoms with Crippen LogP contribution in [0.25, 0.3) is 0 Å². The molecule has 0 aliphatic heterocycles. The van der Waals surface area contributed by atoms with E-state index >= 15 is 0 Å². The lowest BCUT2D eigenvalue weighted by molar-refractivity contribution is 0.0956. The molecule has 0 bridgehead atoms. The zero-order valence-corrected chi connectivity index (χ0v) is 14.1. The molecule has 2 rings (SSSR count). The van der Waals surface area contributed by atoms with Crippen LogP contribution in [0, 0.1) is 11.3 Å². The Hall–Kier alpha value is 0. The van der Waals surface area contributed by atoms with Crippen LogP contribution in [0.2, 0.25) is 0 Å². The zero-order valence-electron chi connectivity index (χ0n) is 14.1. The Morgan fingerprint density at radius 3 is 1.45 bits per heavy atom. The first-order valence-corrected chi connectivity index (χ1v) is 9.87. The van der Waals surface area contributed by atoms with Gasteiger partial charge in [0.25, 0.3) is 0 Å². The molecule has 2 aliphatic carbocycles. The van der Waals surface area contributed by atoms with Gasteiger partial charge in [-0.05, 0) is 37.0 Å². The molecule has 0 N–H and O–H groups in total. The van der Waals surface area contributed by atoms with E-state index in [9.17, 15) is 0 Å². The largest absolute Gasteiger partial charge is 0.0648 e. The van der Waals surface area contributed by atoms with Gasteiger partial charge in [-0.1, -0.05) is 90.4 Å². The SMILES string of the molecule is CCC1(C2CCCCCCCC2)CCCCCCCC1. The Bertz CT molecular complexity index is 222. The van der Waals surface area contributed by atoms with Crippen LogP contribution in [0.15, 0.2) is 0 Å². The molecule has 0 heteroatoms. The zero-order chi connectivity index (χ0) is 14.1. The van der Waals surface area contributed by atoms with Crippen molar-refractivity contribution in [1.82, 2.24) is 0 Å². The van der Waals surface area contributed by atoms with Gasteiger partial charge in [-0.15, -0.1) is 0 Å². The summed E-state index contributed by atoms with van der Waals surface area (Å²) < 4.78 is 0. The van der Waals surface area contributed by atoms with Crippen molar-refractivity contribution in [2.75, 3.05) is 0 Å². The lowest BCUT2D eigenvalue weighted by Crippen LogP contribution is -2.30. The normalized spacial score (nSPS) is 27.4. The summed E-state index contributed by atoms with van der Waals surface area (Å²) in [5, 5.41) is 0. The van der Waals surface area contributed by atoms with Crippen molar-refractivity contribution in [2.45, 2.75) is 116 Å². The molecule has 0 heterocycles. The Morgan fingerprint density at radius 2 is 1.00 bits per heavy atom. The van der Waals surface area contributed by atoms with Gasteiger partial charge in [-0.25, -0.2) is 0 Å². The molecule has 0 spiro atoms. The molecule has 0 unspecified atom stereocenters. The average molecular weight is 279 g/mol. The fraction of sp³-hybridized carbons (Fsp3) is 1.00. The highest BCUT2D eigenvalue weighted by Gasteiger charge is 2.35. The molecular formula is C20H38. The second-order valence-electron chi connectivity index (χ2n) is 7.73. The van der Waals surface area contributed by atoms with Crippen LogP contribution in [-0.4, -0.2) is 0 Å². The van der Waals surface area contributed by atoms with Gasteiger partial charge in [-0.3, -0.25) is 0 Å². The fourth-order valence-corrected chi connectivity index (χ4v) is 5.08. The predicted octanol–water partition coefficient (Wildman–Crippen LogP) is 7.27. The van der Waals surface area contributed by atoms with Gasteiger partial charge >= 0.3 is 0 Å². The van der Waals surface area contributed by atoms with Gasteiger partial charge in [0, 0.05) is 0 Å². The molecule has 118 valence electrons. The molecule has 0 aromatic heterocycles. The smallest absolute Gasteiger partial charge is 0.0272 e. The molecule has 0 nitrogen and oxygen atoms in total. The molecule has 2 fully saturated rings. The van der Waals surface area contributed by atoms with E-state index in [0.717, 1.165) is 11.3 Å². The van der Waals surface area contributed by atoms with Crippen molar-refractivity contribution >= 4 is 0 Å². The fourth-order valence-electron chi connectivity index (χ4n) is 5.08. The van der Waals surface area contributed by atoms with Crippen molar-refractivity contribution in [2.24, 2.45) is 11.3 Å². The summed E-state index contributed by atoms with van der Waals surface area (Å²) in [5.74, 6) is 1.06. The van der Waals surface area contributed by atoms with Gasteiger partial charge in [0.1, 0.15) is 0 Å². The van der Waals surface area contributed by atoms with Gasteiger partial charge in [0.2, 0.25) is 0 Å². The van der Waals surface area contributed by atoms with Gasteiger partial charge in [-0.2, -0.15) is 0 Å². The Kier molecular flexibility index (Phi) is 7.45. The second-order valence-corrected chi connectivity index (χ2v) is 7.73. The van der Waals surface area contributed by atoms with E-state index < -0.39 is 0 Å². The molecule has 0 aromatic carbocycles. The van der Waals surface area contributed by atoms with E-state index in [4.69, 9.17) is 0 Å². The molecule has 0 radical (unpaired) electrons. The molecule has 20 heavy (non-hydrogen) atoms. The van der Waals surface area contributed by atoms with E-state index in [0.29, 0.717) is 0 Å². The summed E-state index contributed by atoms with van der Waals surface area (Å²) in [7, 11) is 0. The van der Waals surface area contributed by atoms with E-state index in [1.54, 1.807) is 25.7 Å². The summed E-state index contributed by atoms with van der Waals surface area (Å²) in [4.78, 5) is 0. The molecular weight excluding hydrogens is 240 g/mol. The standard InChI is InChI=1S/C20H38/c1-2-20(17-13-9-5-6-10-14-18-20)19-15-11-7-3-4-8-12-16-19/h19H,2-18H2,1H3. The van der Waals surface area contributed by atoms with E-state index in [2.05, 4.69) is 6.92 Å². The minimum atomic E-state index is 0.731. The topological polar surface area (TPSA) is 0 Å². The Morgan fingerprint density at radius 1 is 0.600 bits per heavy atom. The number of rotatable bonds is 2. The van der Waals surface area contributed by atoms with Crippen LogP contribution >= 0.6 is 0 Å². The third-order valence-corrected chi connectivity index (χ3v) is 6.52. The predicted molar refractivity (Wildman–Crippen MR) is 90.1 cm³/mol. The Balaban J connectivity index is 2.03. The summed E-state index contributed by atoms with van der Waals surface area (Å²) in [5.41, 5.74) is 0.731. The third kappa shape index (κ3) is 4.78. The highest BCUT2D eigenvalue weighted by Crippen LogP contribution is 2.47. The van der Waals surface area contributed by atoms with Gasteiger partial charge in [0.05, 0.1) is 0 Å². The first-order chi connectivity index (χ1) is 9.87. The second kappa shape index (κ2) is 9.11.